The zero-order valence-corrected chi connectivity index (χ0v) is 18.5. The minimum absolute atomic E-state index is 0.0512. The van der Waals surface area contributed by atoms with Crippen LogP contribution in [0, 0.1) is 11.3 Å². The van der Waals surface area contributed by atoms with Gasteiger partial charge in [0.05, 0.1) is 19.2 Å². The first-order chi connectivity index (χ1) is 15.3. The Kier molecular flexibility index (Phi) is 7.33. The number of hydrogen-bond acceptors (Lipinski definition) is 7. The molecule has 0 saturated carbocycles. The number of benzene rings is 1. The molecule has 0 unspecified atom stereocenters. The van der Waals surface area contributed by atoms with Crippen LogP contribution in [-0.2, 0) is 27.3 Å². The molecular formula is C22H23N3O6S. The summed E-state index contributed by atoms with van der Waals surface area (Å²) in [5, 5.41) is 21.6. The summed E-state index contributed by atoms with van der Waals surface area (Å²) in [7, 11) is 1.59. The number of ether oxygens (including phenoxy) is 2. The van der Waals surface area contributed by atoms with Crippen molar-refractivity contribution in [2.24, 2.45) is 0 Å². The zero-order valence-electron chi connectivity index (χ0n) is 17.7. The molecule has 0 aliphatic carbocycles. The lowest BCUT2D eigenvalue weighted by Crippen LogP contribution is -2.36. The number of nitriles is 1. The fourth-order valence-electron chi connectivity index (χ4n) is 3.50. The first kappa shape index (κ1) is 23.1. The van der Waals surface area contributed by atoms with Gasteiger partial charge in [0, 0.05) is 17.8 Å². The van der Waals surface area contributed by atoms with E-state index in [4.69, 9.17) is 14.6 Å². The van der Waals surface area contributed by atoms with Crippen LogP contribution in [0.1, 0.15) is 40.8 Å². The molecule has 2 N–H and O–H groups in total. The highest BCUT2D eigenvalue weighted by molar-refractivity contribution is 7.16. The number of aliphatic carboxylic acids is 1. The van der Waals surface area contributed by atoms with Crippen molar-refractivity contribution in [3.8, 4) is 11.8 Å². The molecule has 32 heavy (non-hydrogen) atoms. The Bertz CT molecular complexity index is 1070. The van der Waals surface area contributed by atoms with Crippen LogP contribution in [0.25, 0.3) is 0 Å². The number of nitrogens with one attached hydrogen (secondary N) is 1. The van der Waals surface area contributed by atoms with Gasteiger partial charge in [0.25, 0.3) is 0 Å². The van der Waals surface area contributed by atoms with E-state index in [1.807, 2.05) is 31.2 Å². The van der Waals surface area contributed by atoms with Crippen LogP contribution in [0.5, 0.6) is 5.75 Å². The van der Waals surface area contributed by atoms with Crippen molar-refractivity contribution in [2.45, 2.75) is 32.2 Å². The molecule has 1 atom stereocenters. The highest BCUT2D eigenvalue weighted by Gasteiger charge is 2.28. The summed E-state index contributed by atoms with van der Waals surface area (Å²) in [5.74, 6) is -0.774. The predicted molar refractivity (Wildman–Crippen MR) is 117 cm³/mol. The molecule has 0 bridgehead atoms. The molecule has 3 rings (SSSR count). The van der Waals surface area contributed by atoms with Gasteiger partial charge in [0.2, 0.25) is 5.91 Å². The summed E-state index contributed by atoms with van der Waals surface area (Å²) < 4.78 is 9.97. The SMILES string of the molecule is COc1cccc([C@@H](C)CC(=O)Nc2sc3c(c2C#N)CCN(C(=O)OCC(=O)O)C3)c1. The molecular weight excluding hydrogens is 434 g/mol. The fourth-order valence-corrected chi connectivity index (χ4v) is 4.73. The number of carbonyl (C=O) groups excluding carboxylic acids is 2. The number of anilines is 1. The van der Waals surface area contributed by atoms with E-state index in [1.54, 1.807) is 7.11 Å². The summed E-state index contributed by atoms with van der Waals surface area (Å²) in [5.41, 5.74) is 2.18. The van der Waals surface area contributed by atoms with Gasteiger partial charge in [-0.15, -0.1) is 11.3 Å². The number of rotatable bonds is 7. The van der Waals surface area contributed by atoms with Crippen LogP contribution in [0.3, 0.4) is 0 Å². The van der Waals surface area contributed by atoms with Crippen LogP contribution in [0.15, 0.2) is 24.3 Å². The molecule has 1 aliphatic rings. The molecule has 0 radical (unpaired) electrons. The molecule has 2 amide bonds. The van der Waals surface area contributed by atoms with Crippen LogP contribution in [0.4, 0.5) is 9.80 Å². The molecule has 1 aliphatic heterocycles. The van der Waals surface area contributed by atoms with Crippen LogP contribution in [-0.4, -0.2) is 48.2 Å². The van der Waals surface area contributed by atoms with Crippen LogP contribution >= 0.6 is 11.3 Å². The van der Waals surface area contributed by atoms with Gasteiger partial charge in [-0.3, -0.25) is 4.79 Å². The molecule has 0 spiro atoms. The van der Waals surface area contributed by atoms with Crippen molar-refractivity contribution in [3.63, 3.8) is 0 Å². The molecule has 2 aromatic rings. The topological polar surface area (TPSA) is 129 Å². The van der Waals surface area contributed by atoms with Gasteiger partial charge in [-0.1, -0.05) is 19.1 Å². The molecule has 9 nitrogen and oxygen atoms in total. The largest absolute Gasteiger partial charge is 0.497 e. The highest BCUT2D eigenvalue weighted by Crippen LogP contribution is 2.37. The first-order valence-electron chi connectivity index (χ1n) is 9.94. The van der Waals surface area contributed by atoms with Gasteiger partial charge in [-0.05, 0) is 35.6 Å². The average Bonchev–Trinajstić information content (AvgIpc) is 3.13. The quantitative estimate of drug-likeness (QED) is 0.652. The minimum Gasteiger partial charge on any atom is -0.497 e. The number of nitrogens with zero attached hydrogens (tertiary/aromatic N) is 2. The van der Waals surface area contributed by atoms with Crippen molar-refractivity contribution in [1.29, 1.82) is 5.26 Å². The summed E-state index contributed by atoms with van der Waals surface area (Å²) in [6, 6.07) is 9.69. The van der Waals surface area contributed by atoms with E-state index in [1.165, 1.54) is 16.2 Å². The molecule has 1 aromatic heterocycles. The maximum atomic E-state index is 12.7. The third-order valence-electron chi connectivity index (χ3n) is 5.15. The average molecular weight is 458 g/mol. The predicted octanol–water partition coefficient (Wildman–Crippen LogP) is 3.34. The summed E-state index contributed by atoms with van der Waals surface area (Å²) in [6.45, 7) is 1.74. The van der Waals surface area contributed by atoms with Gasteiger partial charge < -0.3 is 24.8 Å². The Balaban J connectivity index is 1.67. The number of methoxy groups -OCH3 is 1. The highest BCUT2D eigenvalue weighted by atomic mass is 32.1. The van der Waals surface area contributed by atoms with Gasteiger partial charge in [-0.25, -0.2) is 9.59 Å². The lowest BCUT2D eigenvalue weighted by Gasteiger charge is -2.25. The second-order valence-electron chi connectivity index (χ2n) is 7.37. The van der Waals surface area contributed by atoms with E-state index in [0.29, 0.717) is 23.5 Å². The molecule has 0 saturated heterocycles. The molecule has 1 aromatic carbocycles. The Morgan fingerprint density at radius 3 is 2.84 bits per heavy atom. The molecule has 0 fully saturated rings. The normalized spacial score (nSPS) is 13.5. The summed E-state index contributed by atoms with van der Waals surface area (Å²) >= 11 is 1.25. The van der Waals surface area contributed by atoms with Crippen molar-refractivity contribution in [1.82, 2.24) is 4.90 Å². The minimum atomic E-state index is -1.23. The smallest absolute Gasteiger partial charge is 0.410 e. The molecule has 10 heteroatoms. The van der Waals surface area contributed by atoms with E-state index in [-0.39, 0.29) is 24.8 Å². The standard InChI is InChI=1S/C22H23N3O6S/c1-13(14-4-3-5-15(9-14)30-2)8-19(26)24-21-17(10-23)16-6-7-25(11-18(16)32-21)22(29)31-12-20(27)28/h3-5,9,13H,6-8,11-12H2,1-2H3,(H,24,26)(H,27,28)/t13-/m0/s1. The monoisotopic (exact) mass is 457 g/mol. The third-order valence-corrected chi connectivity index (χ3v) is 6.29. The lowest BCUT2D eigenvalue weighted by atomic mass is 9.97. The Hall–Kier alpha value is -3.58. The summed E-state index contributed by atoms with van der Waals surface area (Å²) in [6.07, 6.45) is -0.0658. The number of carboxylic acids is 1. The van der Waals surface area contributed by atoms with Gasteiger partial charge in [0.1, 0.15) is 16.8 Å². The maximum Gasteiger partial charge on any atom is 0.410 e. The number of carboxylic acid groups (broad SMARTS) is 1. The van der Waals surface area contributed by atoms with Crippen molar-refractivity contribution < 1.29 is 29.0 Å². The van der Waals surface area contributed by atoms with E-state index < -0.39 is 18.7 Å². The molecule has 168 valence electrons. The second kappa shape index (κ2) is 10.2. The lowest BCUT2D eigenvalue weighted by molar-refractivity contribution is -0.140. The van der Waals surface area contributed by atoms with Crippen LogP contribution < -0.4 is 10.1 Å². The van der Waals surface area contributed by atoms with E-state index >= 15 is 0 Å². The Morgan fingerprint density at radius 2 is 2.16 bits per heavy atom. The number of thiophene rings is 1. The Labute approximate surface area is 189 Å². The molecule has 2 heterocycles. The van der Waals surface area contributed by atoms with Gasteiger partial charge in [0.15, 0.2) is 6.61 Å². The van der Waals surface area contributed by atoms with E-state index in [0.717, 1.165) is 21.8 Å². The zero-order chi connectivity index (χ0) is 23.3. The Morgan fingerprint density at radius 1 is 1.38 bits per heavy atom. The number of fused-ring (bicyclic) bond motifs is 1. The first-order valence-corrected chi connectivity index (χ1v) is 10.8. The number of carbonyl (C=O) groups is 3. The van der Waals surface area contributed by atoms with Gasteiger partial charge >= 0.3 is 12.1 Å². The van der Waals surface area contributed by atoms with Gasteiger partial charge in [-0.2, -0.15) is 5.26 Å². The van der Waals surface area contributed by atoms with Crippen LogP contribution in [0.2, 0.25) is 0 Å². The van der Waals surface area contributed by atoms with Crippen molar-refractivity contribution >= 4 is 34.3 Å². The van der Waals surface area contributed by atoms with Crippen molar-refractivity contribution in [3.05, 3.63) is 45.8 Å². The van der Waals surface area contributed by atoms with E-state index in [9.17, 15) is 19.6 Å². The second-order valence-corrected chi connectivity index (χ2v) is 8.47. The third kappa shape index (κ3) is 5.36. The fraction of sp³-hybridized carbons (Fsp3) is 0.364. The van der Waals surface area contributed by atoms with Crippen molar-refractivity contribution in [2.75, 3.05) is 25.6 Å². The number of hydrogen-bond donors (Lipinski definition) is 2. The number of amides is 2. The van der Waals surface area contributed by atoms with E-state index in [2.05, 4.69) is 11.4 Å². The maximum absolute atomic E-state index is 12.7. The summed E-state index contributed by atoms with van der Waals surface area (Å²) in [4.78, 5) is 37.5.